The smallest absolute Gasteiger partial charge is 0.220 e. The van der Waals surface area contributed by atoms with Gasteiger partial charge in [0.1, 0.15) is 0 Å². The number of piperidine rings is 1. The van der Waals surface area contributed by atoms with Crippen LogP contribution in [0.2, 0.25) is 0 Å². The van der Waals surface area contributed by atoms with E-state index in [0.717, 1.165) is 25.3 Å². The number of carbonyl (C=O) groups excluding carboxylic acids is 1. The van der Waals surface area contributed by atoms with Crippen molar-refractivity contribution in [3.63, 3.8) is 0 Å². The fourth-order valence-electron chi connectivity index (χ4n) is 4.31. The zero-order chi connectivity index (χ0) is 16.0. The van der Waals surface area contributed by atoms with Gasteiger partial charge in [-0.15, -0.1) is 0 Å². The van der Waals surface area contributed by atoms with Crippen LogP contribution in [0.4, 0.5) is 0 Å². The summed E-state index contributed by atoms with van der Waals surface area (Å²) >= 11 is 0. The maximum Gasteiger partial charge on any atom is 0.220 e. The Morgan fingerprint density at radius 2 is 2.05 bits per heavy atom. The van der Waals surface area contributed by atoms with Gasteiger partial charge in [-0.25, -0.2) is 0 Å². The van der Waals surface area contributed by atoms with Crippen molar-refractivity contribution >= 4 is 5.91 Å². The van der Waals surface area contributed by atoms with Crippen LogP contribution in [-0.4, -0.2) is 43.0 Å². The molecule has 1 amide bonds. The first-order chi connectivity index (χ1) is 10.5. The summed E-state index contributed by atoms with van der Waals surface area (Å²) < 4.78 is 0. The molecule has 2 rings (SSSR count). The standard InChI is InChI=1S/C18H35N3O/c1-15-7-6-10-21(12-15)13-16(2)20-17(22)11-18(14-19)8-4-3-5-9-18/h15-16H,3-14,19H2,1-2H3,(H,20,22). The van der Waals surface area contributed by atoms with Crippen LogP contribution in [0, 0.1) is 11.3 Å². The summed E-state index contributed by atoms with van der Waals surface area (Å²) in [6.45, 7) is 8.44. The molecule has 0 spiro atoms. The van der Waals surface area contributed by atoms with E-state index in [1.54, 1.807) is 0 Å². The molecule has 4 heteroatoms. The number of nitrogens with zero attached hydrogens (tertiary/aromatic N) is 1. The molecule has 128 valence electrons. The molecule has 0 aromatic rings. The minimum absolute atomic E-state index is 0.0711. The van der Waals surface area contributed by atoms with Crippen LogP contribution < -0.4 is 11.1 Å². The van der Waals surface area contributed by atoms with Crippen LogP contribution in [0.1, 0.15) is 65.2 Å². The molecule has 3 N–H and O–H groups in total. The minimum Gasteiger partial charge on any atom is -0.352 e. The van der Waals surface area contributed by atoms with E-state index in [1.807, 2.05) is 0 Å². The fourth-order valence-corrected chi connectivity index (χ4v) is 4.31. The van der Waals surface area contributed by atoms with Crippen molar-refractivity contribution in [2.75, 3.05) is 26.2 Å². The predicted molar refractivity (Wildman–Crippen MR) is 91.6 cm³/mol. The average Bonchev–Trinajstić information content (AvgIpc) is 2.47. The highest BCUT2D eigenvalue weighted by Gasteiger charge is 2.33. The van der Waals surface area contributed by atoms with Crippen molar-refractivity contribution in [1.82, 2.24) is 10.2 Å². The second-order valence-electron chi connectivity index (χ2n) is 7.92. The lowest BCUT2D eigenvalue weighted by molar-refractivity contribution is -0.124. The number of likely N-dealkylation sites (tertiary alicyclic amines) is 1. The van der Waals surface area contributed by atoms with Gasteiger partial charge < -0.3 is 16.0 Å². The van der Waals surface area contributed by atoms with Gasteiger partial charge in [0.15, 0.2) is 0 Å². The van der Waals surface area contributed by atoms with Crippen LogP contribution in [0.5, 0.6) is 0 Å². The third-order valence-corrected chi connectivity index (χ3v) is 5.56. The molecule has 22 heavy (non-hydrogen) atoms. The number of nitrogens with one attached hydrogen (secondary N) is 1. The van der Waals surface area contributed by atoms with Gasteiger partial charge in [0, 0.05) is 25.6 Å². The van der Waals surface area contributed by atoms with E-state index in [-0.39, 0.29) is 17.4 Å². The molecule has 0 aromatic carbocycles. The van der Waals surface area contributed by atoms with Crippen molar-refractivity contribution in [2.24, 2.45) is 17.1 Å². The Kier molecular flexibility index (Phi) is 6.69. The summed E-state index contributed by atoms with van der Waals surface area (Å²) in [5.74, 6) is 0.990. The number of nitrogens with two attached hydrogens (primary N) is 1. The van der Waals surface area contributed by atoms with Crippen molar-refractivity contribution in [2.45, 2.75) is 71.3 Å². The van der Waals surface area contributed by atoms with Gasteiger partial charge in [-0.1, -0.05) is 26.2 Å². The van der Waals surface area contributed by atoms with E-state index in [0.29, 0.717) is 13.0 Å². The zero-order valence-electron chi connectivity index (χ0n) is 14.6. The van der Waals surface area contributed by atoms with E-state index >= 15 is 0 Å². The summed E-state index contributed by atoms with van der Waals surface area (Å²) in [7, 11) is 0. The Morgan fingerprint density at radius 1 is 1.32 bits per heavy atom. The van der Waals surface area contributed by atoms with E-state index in [2.05, 4.69) is 24.1 Å². The molecule has 2 fully saturated rings. The SMILES string of the molecule is CC1CCCN(CC(C)NC(=O)CC2(CN)CCCCC2)C1. The first-order valence-electron chi connectivity index (χ1n) is 9.25. The van der Waals surface area contributed by atoms with Crippen molar-refractivity contribution < 1.29 is 4.79 Å². The van der Waals surface area contributed by atoms with Gasteiger partial charge in [-0.05, 0) is 57.0 Å². The first kappa shape index (κ1) is 17.7. The molecule has 1 aliphatic heterocycles. The highest BCUT2D eigenvalue weighted by atomic mass is 16.1. The number of amides is 1. The molecule has 2 unspecified atom stereocenters. The monoisotopic (exact) mass is 309 g/mol. The summed E-state index contributed by atoms with van der Waals surface area (Å²) in [5, 5.41) is 3.21. The van der Waals surface area contributed by atoms with Crippen LogP contribution in [-0.2, 0) is 4.79 Å². The maximum absolute atomic E-state index is 12.4. The number of carbonyl (C=O) groups is 1. The Hall–Kier alpha value is -0.610. The quantitative estimate of drug-likeness (QED) is 0.792. The summed E-state index contributed by atoms with van der Waals surface area (Å²) in [6.07, 6.45) is 9.24. The second-order valence-corrected chi connectivity index (χ2v) is 7.92. The first-order valence-corrected chi connectivity index (χ1v) is 9.25. The third kappa shape index (κ3) is 5.24. The minimum atomic E-state index is 0.0711. The average molecular weight is 309 g/mol. The summed E-state index contributed by atoms with van der Waals surface area (Å²) in [5.41, 5.74) is 6.06. The molecular weight excluding hydrogens is 274 g/mol. The van der Waals surface area contributed by atoms with Gasteiger partial charge in [-0.2, -0.15) is 0 Å². The van der Waals surface area contributed by atoms with Gasteiger partial charge in [0.25, 0.3) is 0 Å². The van der Waals surface area contributed by atoms with E-state index in [9.17, 15) is 4.79 Å². The Labute approximate surface area is 136 Å². The van der Waals surface area contributed by atoms with Crippen LogP contribution in [0.15, 0.2) is 0 Å². The molecule has 1 saturated heterocycles. The summed E-state index contributed by atoms with van der Waals surface area (Å²) in [6, 6.07) is 0.233. The molecule has 4 nitrogen and oxygen atoms in total. The molecule has 1 heterocycles. The molecule has 0 radical (unpaired) electrons. The van der Waals surface area contributed by atoms with Gasteiger partial charge in [-0.3, -0.25) is 4.79 Å². The zero-order valence-corrected chi connectivity index (χ0v) is 14.6. The molecule has 0 bridgehead atoms. The lowest BCUT2D eigenvalue weighted by atomic mass is 9.71. The highest BCUT2D eigenvalue weighted by Crippen LogP contribution is 2.38. The van der Waals surface area contributed by atoms with Crippen LogP contribution in [0.25, 0.3) is 0 Å². The largest absolute Gasteiger partial charge is 0.352 e. The van der Waals surface area contributed by atoms with E-state index in [1.165, 1.54) is 45.2 Å². The molecular formula is C18H35N3O. The van der Waals surface area contributed by atoms with Crippen molar-refractivity contribution in [3.05, 3.63) is 0 Å². The molecule has 2 aliphatic rings. The van der Waals surface area contributed by atoms with Crippen molar-refractivity contribution in [3.8, 4) is 0 Å². The molecule has 2 atom stereocenters. The Balaban J connectivity index is 1.75. The van der Waals surface area contributed by atoms with E-state index < -0.39 is 0 Å². The number of rotatable bonds is 6. The van der Waals surface area contributed by atoms with Crippen LogP contribution in [0.3, 0.4) is 0 Å². The second kappa shape index (κ2) is 8.30. The highest BCUT2D eigenvalue weighted by molar-refractivity contribution is 5.77. The van der Waals surface area contributed by atoms with Gasteiger partial charge >= 0.3 is 0 Å². The predicted octanol–water partition coefficient (Wildman–Crippen LogP) is 2.52. The normalized spacial score (nSPS) is 27.3. The van der Waals surface area contributed by atoms with E-state index in [4.69, 9.17) is 5.73 Å². The lowest BCUT2D eigenvalue weighted by Crippen LogP contribution is -2.47. The van der Waals surface area contributed by atoms with Gasteiger partial charge in [0.05, 0.1) is 0 Å². The lowest BCUT2D eigenvalue weighted by Gasteiger charge is -2.36. The third-order valence-electron chi connectivity index (χ3n) is 5.56. The van der Waals surface area contributed by atoms with Gasteiger partial charge in [0.2, 0.25) is 5.91 Å². The summed E-state index contributed by atoms with van der Waals surface area (Å²) in [4.78, 5) is 14.9. The Bertz CT molecular complexity index is 352. The fraction of sp³-hybridized carbons (Fsp3) is 0.944. The van der Waals surface area contributed by atoms with Crippen molar-refractivity contribution in [1.29, 1.82) is 0 Å². The number of hydrogen-bond acceptors (Lipinski definition) is 3. The molecule has 0 aromatic heterocycles. The Morgan fingerprint density at radius 3 is 2.68 bits per heavy atom. The molecule has 1 saturated carbocycles. The van der Waals surface area contributed by atoms with Crippen LogP contribution >= 0.6 is 0 Å². The topological polar surface area (TPSA) is 58.4 Å². The number of hydrogen-bond donors (Lipinski definition) is 2. The maximum atomic E-state index is 12.4. The molecule has 1 aliphatic carbocycles.